The summed E-state index contributed by atoms with van der Waals surface area (Å²) in [4.78, 5) is 0. The van der Waals surface area contributed by atoms with E-state index in [4.69, 9.17) is 9.53 Å². The number of hydrogen-bond donors (Lipinski definition) is 1. The van der Waals surface area contributed by atoms with E-state index in [2.05, 4.69) is 51.4 Å². The molecule has 3 heteroatoms. The second kappa shape index (κ2) is 6.73. The minimum atomic E-state index is -1.64. The SMILES string of the molecule is CC(C)(C)[Si](C)(C)OCC=C=CC#CCO. The molecule has 0 spiro atoms. The highest BCUT2D eigenvalue weighted by molar-refractivity contribution is 6.74. The molecule has 1 N–H and O–H groups in total. The van der Waals surface area contributed by atoms with E-state index in [0.29, 0.717) is 6.61 Å². The van der Waals surface area contributed by atoms with Gasteiger partial charge in [0.2, 0.25) is 0 Å². The minimum Gasteiger partial charge on any atom is -0.413 e. The smallest absolute Gasteiger partial charge is 0.192 e. The van der Waals surface area contributed by atoms with Crippen LogP contribution < -0.4 is 0 Å². The Bertz CT molecular complexity index is 320. The van der Waals surface area contributed by atoms with Crippen molar-refractivity contribution in [3.8, 4) is 11.8 Å². The van der Waals surface area contributed by atoms with Crippen LogP contribution in [0.4, 0.5) is 0 Å². The van der Waals surface area contributed by atoms with Crippen molar-refractivity contribution in [1.82, 2.24) is 0 Å². The van der Waals surface area contributed by atoms with Gasteiger partial charge in [0, 0.05) is 6.08 Å². The van der Waals surface area contributed by atoms with E-state index < -0.39 is 8.32 Å². The Labute approximate surface area is 100 Å². The first-order valence-corrected chi connectivity index (χ1v) is 8.35. The summed E-state index contributed by atoms with van der Waals surface area (Å²) in [5.74, 6) is 5.17. The Balaban J connectivity index is 4.13. The van der Waals surface area contributed by atoms with Crippen molar-refractivity contribution in [2.24, 2.45) is 0 Å². The molecular weight excluding hydrogens is 216 g/mol. The molecule has 2 nitrogen and oxygen atoms in total. The second-order valence-corrected chi connectivity index (χ2v) is 9.87. The molecule has 0 saturated heterocycles. The maximum absolute atomic E-state index is 8.41. The molecule has 0 heterocycles. The van der Waals surface area contributed by atoms with Crippen molar-refractivity contribution in [3.05, 3.63) is 17.9 Å². The lowest BCUT2D eigenvalue weighted by Gasteiger charge is -2.35. The van der Waals surface area contributed by atoms with Gasteiger partial charge in [-0.05, 0) is 24.2 Å². The molecule has 0 aromatic carbocycles. The van der Waals surface area contributed by atoms with Crippen molar-refractivity contribution < 1.29 is 9.53 Å². The number of rotatable bonds is 3. The molecule has 0 fully saturated rings. The summed E-state index contributed by atoms with van der Waals surface area (Å²) in [6, 6.07) is 0. The largest absolute Gasteiger partial charge is 0.413 e. The fraction of sp³-hybridized carbons (Fsp3) is 0.615. The lowest BCUT2D eigenvalue weighted by molar-refractivity contribution is 0.328. The molecule has 16 heavy (non-hydrogen) atoms. The molecule has 0 aliphatic heterocycles. The fourth-order valence-corrected chi connectivity index (χ4v) is 1.64. The van der Waals surface area contributed by atoms with Crippen LogP contribution in [0.3, 0.4) is 0 Å². The zero-order valence-electron chi connectivity index (χ0n) is 10.9. The molecule has 0 rings (SSSR count). The summed E-state index contributed by atoms with van der Waals surface area (Å²) in [5, 5.41) is 8.65. The minimum absolute atomic E-state index is 0.112. The topological polar surface area (TPSA) is 29.5 Å². The predicted octanol–water partition coefficient (Wildman–Crippen LogP) is 2.72. The van der Waals surface area contributed by atoms with Gasteiger partial charge < -0.3 is 9.53 Å². The highest BCUT2D eigenvalue weighted by Crippen LogP contribution is 2.36. The van der Waals surface area contributed by atoms with Crippen LogP contribution in [0.2, 0.25) is 18.1 Å². The molecule has 0 aromatic heterocycles. The molecule has 0 bridgehead atoms. The van der Waals surface area contributed by atoms with E-state index in [1.165, 1.54) is 0 Å². The van der Waals surface area contributed by atoms with Crippen molar-refractivity contribution in [2.75, 3.05) is 13.2 Å². The van der Waals surface area contributed by atoms with Crippen molar-refractivity contribution in [2.45, 2.75) is 38.9 Å². The number of hydrogen-bond acceptors (Lipinski definition) is 2. The van der Waals surface area contributed by atoms with Gasteiger partial charge in [0.15, 0.2) is 8.32 Å². The third-order valence-electron chi connectivity index (χ3n) is 2.79. The summed E-state index contributed by atoms with van der Waals surface area (Å²) in [6.07, 6.45) is 3.41. The van der Waals surface area contributed by atoms with E-state index >= 15 is 0 Å². The second-order valence-electron chi connectivity index (χ2n) is 5.07. The van der Waals surface area contributed by atoms with Crippen LogP contribution in [0.15, 0.2) is 17.9 Å². The summed E-state index contributed by atoms with van der Waals surface area (Å²) < 4.78 is 5.90. The Hall–Kier alpha value is -0.783. The van der Waals surface area contributed by atoms with Gasteiger partial charge in [-0.2, -0.15) is 0 Å². The van der Waals surface area contributed by atoms with Gasteiger partial charge in [0.25, 0.3) is 0 Å². The predicted molar refractivity (Wildman–Crippen MR) is 70.7 cm³/mol. The van der Waals surface area contributed by atoms with Crippen LogP contribution in [0.1, 0.15) is 20.8 Å². The highest BCUT2D eigenvalue weighted by atomic mass is 28.4. The van der Waals surface area contributed by atoms with Crippen molar-refractivity contribution in [3.63, 3.8) is 0 Å². The fourth-order valence-electron chi connectivity index (χ4n) is 0.712. The van der Waals surface area contributed by atoms with Crippen LogP contribution in [0.5, 0.6) is 0 Å². The molecule has 0 aliphatic carbocycles. The van der Waals surface area contributed by atoms with Crippen LogP contribution in [-0.2, 0) is 4.43 Å². The van der Waals surface area contributed by atoms with Crippen LogP contribution in [0, 0.1) is 11.8 Å². The van der Waals surface area contributed by atoms with Crippen LogP contribution in [0.25, 0.3) is 0 Å². The Morgan fingerprint density at radius 2 is 1.94 bits per heavy atom. The van der Waals surface area contributed by atoms with Gasteiger partial charge >= 0.3 is 0 Å². The van der Waals surface area contributed by atoms with Crippen LogP contribution >= 0.6 is 0 Å². The normalized spacial score (nSPS) is 11.1. The van der Waals surface area contributed by atoms with Crippen LogP contribution in [-0.4, -0.2) is 26.6 Å². The Morgan fingerprint density at radius 1 is 1.31 bits per heavy atom. The van der Waals surface area contributed by atoms with E-state index in [9.17, 15) is 0 Å². The summed E-state index contributed by atoms with van der Waals surface area (Å²) in [5.41, 5.74) is 2.91. The summed E-state index contributed by atoms with van der Waals surface area (Å²) in [6.45, 7) is 11.5. The van der Waals surface area contributed by atoms with Gasteiger partial charge in [0.1, 0.15) is 6.61 Å². The van der Waals surface area contributed by atoms with Gasteiger partial charge in [-0.3, -0.25) is 0 Å². The molecule has 0 unspecified atom stereocenters. The lowest BCUT2D eigenvalue weighted by atomic mass is 10.2. The van der Waals surface area contributed by atoms with Gasteiger partial charge in [-0.25, -0.2) is 0 Å². The highest BCUT2D eigenvalue weighted by Gasteiger charge is 2.36. The molecular formula is C13H22O2Si. The van der Waals surface area contributed by atoms with E-state index in [0.717, 1.165) is 0 Å². The lowest BCUT2D eigenvalue weighted by Crippen LogP contribution is -2.40. The molecule has 0 atom stereocenters. The molecule has 0 saturated carbocycles. The first-order chi connectivity index (χ1) is 7.31. The molecule has 0 radical (unpaired) electrons. The number of aliphatic hydroxyl groups excluding tert-OH is 1. The standard InChI is InChI=1S/C13H22O2Si/c1-13(2,3)16(4,5)15-12-10-8-6-7-9-11-14/h6,10,14H,11-12H2,1-5H3. The average molecular weight is 238 g/mol. The van der Waals surface area contributed by atoms with E-state index in [1.54, 1.807) is 6.08 Å². The first-order valence-electron chi connectivity index (χ1n) is 5.44. The van der Waals surface area contributed by atoms with Gasteiger partial charge in [-0.15, -0.1) is 5.73 Å². The molecule has 0 aromatic rings. The zero-order chi connectivity index (χ0) is 12.7. The first kappa shape index (κ1) is 15.2. The monoisotopic (exact) mass is 238 g/mol. The molecule has 0 aliphatic rings. The van der Waals surface area contributed by atoms with Gasteiger partial charge in [0.05, 0.1) is 6.61 Å². The maximum atomic E-state index is 8.41. The Kier molecular flexibility index (Phi) is 6.40. The van der Waals surface area contributed by atoms with E-state index in [1.807, 2.05) is 6.08 Å². The summed E-state index contributed by atoms with van der Waals surface area (Å²) in [7, 11) is -1.64. The van der Waals surface area contributed by atoms with Crippen molar-refractivity contribution in [1.29, 1.82) is 0 Å². The Morgan fingerprint density at radius 3 is 2.44 bits per heavy atom. The number of aliphatic hydroxyl groups is 1. The molecule has 0 amide bonds. The zero-order valence-corrected chi connectivity index (χ0v) is 11.9. The van der Waals surface area contributed by atoms with Gasteiger partial charge in [-0.1, -0.05) is 32.6 Å². The summed E-state index contributed by atoms with van der Waals surface area (Å²) >= 11 is 0. The quantitative estimate of drug-likeness (QED) is 0.465. The van der Waals surface area contributed by atoms with Crippen molar-refractivity contribution >= 4 is 8.32 Å². The average Bonchev–Trinajstić information content (AvgIpc) is 2.14. The maximum Gasteiger partial charge on any atom is 0.192 e. The van der Waals surface area contributed by atoms with E-state index in [-0.39, 0.29) is 11.6 Å². The third kappa shape index (κ3) is 5.94. The molecule has 90 valence electrons. The third-order valence-corrected chi connectivity index (χ3v) is 7.29.